The van der Waals surface area contributed by atoms with Gasteiger partial charge in [-0.25, -0.2) is 0 Å². The van der Waals surface area contributed by atoms with Crippen molar-refractivity contribution in [1.29, 1.82) is 0 Å². The van der Waals surface area contributed by atoms with Gasteiger partial charge >= 0.3 is 0 Å². The molecule has 1 N–H and O–H groups in total. The van der Waals surface area contributed by atoms with E-state index in [1.165, 1.54) is 0 Å². The molecule has 4 nitrogen and oxygen atoms in total. The van der Waals surface area contributed by atoms with Crippen LogP contribution in [0.2, 0.25) is 5.02 Å². The number of ether oxygens (including phenoxy) is 2. The molecule has 104 valence electrons. The van der Waals surface area contributed by atoms with E-state index in [1.54, 1.807) is 26.5 Å². The lowest BCUT2D eigenvalue weighted by Gasteiger charge is -2.07. The zero-order chi connectivity index (χ0) is 14.4. The van der Waals surface area contributed by atoms with Gasteiger partial charge in [-0.3, -0.25) is 5.43 Å². The molecule has 2 aromatic rings. The Labute approximate surface area is 123 Å². The molecule has 0 heterocycles. The summed E-state index contributed by atoms with van der Waals surface area (Å²) in [6.07, 6.45) is 1.67. The van der Waals surface area contributed by atoms with Crippen molar-refractivity contribution in [2.24, 2.45) is 5.10 Å². The van der Waals surface area contributed by atoms with E-state index in [4.69, 9.17) is 21.1 Å². The van der Waals surface area contributed by atoms with Gasteiger partial charge in [0.15, 0.2) is 0 Å². The topological polar surface area (TPSA) is 42.9 Å². The van der Waals surface area contributed by atoms with E-state index in [9.17, 15) is 0 Å². The maximum Gasteiger partial charge on any atom is 0.127 e. The van der Waals surface area contributed by atoms with Crippen LogP contribution >= 0.6 is 11.6 Å². The molecule has 0 bridgehead atoms. The highest BCUT2D eigenvalue weighted by atomic mass is 35.5. The molecule has 0 spiro atoms. The summed E-state index contributed by atoms with van der Waals surface area (Å²) in [5, 5.41) is 4.82. The minimum atomic E-state index is 0.657. The molecule has 0 amide bonds. The van der Waals surface area contributed by atoms with E-state index in [-0.39, 0.29) is 0 Å². The summed E-state index contributed by atoms with van der Waals surface area (Å²) in [5.74, 6) is 1.47. The van der Waals surface area contributed by atoms with Crippen molar-refractivity contribution in [2.75, 3.05) is 19.6 Å². The number of hydrogen-bond acceptors (Lipinski definition) is 4. The first kappa shape index (κ1) is 14.2. The van der Waals surface area contributed by atoms with Crippen LogP contribution in [-0.4, -0.2) is 20.4 Å². The summed E-state index contributed by atoms with van der Waals surface area (Å²) in [7, 11) is 3.23. The fourth-order valence-corrected chi connectivity index (χ4v) is 1.86. The van der Waals surface area contributed by atoms with Crippen molar-refractivity contribution < 1.29 is 9.47 Å². The van der Waals surface area contributed by atoms with E-state index < -0.39 is 0 Å². The molecule has 0 aliphatic rings. The summed E-state index contributed by atoms with van der Waals surface area (Å²) in [4.78, 5) is 0. The largest absolute Gasteiger partial charge is 0.497 e. The number of hydrogen-bond donors (Lipinski definition) is 1. The molecule has 5 heteroatoms. The first-order chi connectivity index (χ1) is 9.72. The highest BCUT2D eigenvalue weighted by molar-refractivity contribution is 6.30. The Hall–Kier alpha value is -2.20. The maximum absolute atomic E-state index is 5.90. The first-order valence-electron chi connectivity index (χ1n) is 5.99. The number of methoxy groups -OCH3 is 2. The average molecular weight is 291 g/mol. The molecule has 0 aromatic heterocycles. The van der Waals surface area contributed by atoms with Gasteiger partial charge in [-0.15, -0.1) is 0 Å². The van der Waals surface area contributed by atoms with Crippen molar-refractivity contribution in [3.05, 3.63) is 53.1 Å². The molecule has 0 aliphatic heterocycles. The van der Waals surface area contributed by atoms with Gasteiger partial charge in [-0.1, -0.05) is 17.7 Å². The Balaban J connectivity index is 2.14. The molecule has 0 atom stereocenters. The number of nitrogens with zero attached hydrogens (tertiary/aromatic N) is 1. The molecule has 20 heavy (non-hydrogen) atoms. The highest BCUT2D eigenvalue weighted by Gasteiger charge is 2.02. The van der Waals surface area contributed by atoms with Crippen LogP contribution in [0.4, 0.5) is 5.69 Å². The lowest BCUT2D eigenvalue weighted by molar-refractivity contribution is 0.402. The van der Waals surface area contributed by atoms with E-state index >= 15 is 0 Å². The monoisotopic (exact) mass is 290 g/mol. The molecule has 0 radical (unpaired) electrons. The van der Waals surface area contributed by atoms with Gasteiger partial charge in [0.25, 0.3) is 0 Å². The summed E-state index contributed by atoms with van der Waals surface area (Å²) < 4.78 is 10.5. The smallest absolute Gasteiger partial charge is 0.127 e. The number of hydrazone groups is 1. The van der Waals surface area contributed by atoms with Crippen LogP contribution in [0.15, 0.2) is 47.6 Å². The number of benzene rings is 2. The lowest BCUT2D eigenvalue weighted by Crippen LogP contribution is -1.95. The van der Waals surface area contributed by atoms with Gasteiger partial charge in [-0.05, 0) is 36.4 Å². The third-order valence-electron chi connectivity index (χ3n) is 2.66. The summed E-state index contributed by atoms with van der Waals surface area (Å²) in [6, 6.07) is 12.9. The van der Waals surface area contributed by atoms with Crippen molar-refractivity contribution >= 4 is 23.5 Å². The molecule has 0 saturated carbocycles. The molecular formula is C15H15ClN2O2. The van der Waals surface area contributed by atoms with Crippen LogP contribution in [0.1, 0.15) is 5.56 Å². The van der Waals surface area contributed by atoms with Crippen molar-refractivity contribution in [1.82, 2.24) is 0 Å². The van der Waals surface area contributed by atoms with Crippen molar-refractivity contribution in [3.8, 4) is 11.5 Å². The predicted molar refractivity (Wildman–Crippen MR) is 82.2 cm³/mol. The van der Waals surface area contributed by atoms with E-state index in [1.807, 2.05) is 36.4 Å². The molecule has 2 aromatic carbocycles. The van der Waals surface area contributed by atoms with E-state index in [2.05, 4.69) is 10.5 Å². The molecular weight excluding hydrogens is 276 g/mol. The third-order valence-corrected chi connectivity index (χ3v) is 2.89. The minimum absolute atomic E-state index is 0.657. The maximum atomic E-state index is 5.90. The SMILES string of the molecule is COc1ccc(OC)c(C=NNc2cccc(Cl)c2)c1. The van der Waals surface area contributed by atoms with Crippen LogP contribution in [0, 0.1) is 0 Å². The van der Waals surface area contributed by atoms with Gasteiger partial charge in [0, 0.05) is 10.6 Å². The van der Waals surface area contributed by atoms with Crippen LogP contribution in [-0.2, 0) is 0 Å². The second-order valence-electron chi connectivity index (χ2n) is 3.99. The fourth-order valence-electron chi connectivity index (χ4n) is 1.67. The summed E-state index contributed by atoms with van der Waals surface area (Å²) in [5.41, 5.74) is 4.55. The number of halogens is 1. The lowest BCUT2D eigenvalue weighted by atomic mass is 10.2. The minimum Gasteiger partial charge on any atom is -0.497 e. The van der Waals surface area contributed by atoms with Crippen molar-refractivity contribution in [2.45, 2.75) is 0 Å². The summed E-state index contributed by atoms with van der Waals surface area (Å²) in [6.45, 7) is 0. The van der Waals surface area contributed by atoms with Gasteiger partial charge in [-0.2, -0.15) is 5.10 Å². The molecule has 2 rings (SSSR count). The van der Waals surface area contributed by atoms with E-state index in [0.29, 0.717) is 5.02 Å². The Morgan fingerprint density at radius 2 is 1.95 bits per heavy atom. The number of anilines is 1. The van der Waals surface area contributed by atoms with Crippen molar-refractivity contribution in [3.63, 3.8) is 0 Å². The Bertz CT molecular complexity index is 615. The third kappa shape index (κ3) is 3.65. The van der Waals surface area contributed by atoms with Gasteiger partial charge in [0.2, 0.25) is 0 Å². The van der Waals surface area contributed by atoms with Crippen LogP contribution in [0.3, 0.4) is 0 Å². The van der Waals surface area contributed by atoms with E-state index in [0.717, 1.165) is 22.7 Å². The van der Waals surface area contributed by atoms with Gasteiger partial charge < -0.3 is 9.47 Å². The average Bonchev–Trinajstić information content (AvgIpc) is 2.47. The van der Waals surface area contributed by atoms with Gasteiger partial charge in [0.05, 0.1) is 26.1 Å². The predicted octanol–water partition coefficient (Wildman–Crippen LogP) is 3.80. The second-order valence-corrected chi connectivity index (χ2v) is 4.42. The zero-order valence-corrected chi connectivity index (χ0v) is 12.0. The number of rotatable bonds is 5. The molecule has 0 fully saturated rings. The number of nitrogens with one attached hydrogen (secondary N) is 1. The molecule has 0 unspecified atom stereocenters. The Kier molecular flexibility index (Phi) is 4.85. The Morgan fingerprint density at radius 3 is 2.65 bits per heavy atom. The highest BCUT2D eigenvalue weighted by Crippen LogP contribution is 2.22. The summed E-state index contributed by atoms with van der Waals surface area (Å²) >= 11 is 5.90. The van der Waals surface area contributed by atoms with Crippen LogP contribution in [0.5, 0.6) is 11.5 Å². The zero-order valence-electron chi connectivity index (χ0n) is 11.3. The van der Waals surface area contributed by atoms with Gasteiger partial charge in [0.1, 0.15) is 11.5 Å². The molecule has 0 aliphatic carbocycles. The standard InChI is InChI=1S/C15H15ClN2O2/c1-19-14-6-7-15(20-2)11(8-14)10-17-18-13-5-3-4-12(16)9-13/h3-10,18H,1-2H3. The first-order valence-corrected chi connectivity index (χ1v) is 6.37. The normalized spacial score (nSPS) is 10.6. The second kappa shape index (κ2) is 6.82. The van der Waals surface area contributed by atoms with Crippen LogP contribution < -0.4 is 14.9 Å². The van der Waals surface area contributed by atoms with Crippen LogP contribution in [0.25, 0.3) is 0 Å². The fraction of sp³-hybridized carbons (Fsp3) is 0.133. The molecule has 0 saturated heterocycles. The quantitative estimate of drug-likeness (QED) is 0.673. The Morgan fingerprint density at radius 1 is 1.10 bits per heavy atom.